The Balaban J connectivity index is 2.26. The van der Waals surface area contributed by atoms with Crippen LogP contribution < -0.4 is 4.74 Å². The summed E-state index contributed by atoms with van der Waals surface area (Å²) in [5.74, 6) is 0.103. The number of halogens is 3. The third-order valence-corrected chi connectivity index (χ3v) is 3.77. The lowest BCUT2D eigenvalue weighted by atomic mass is 10.2. The number of hydrogen-bond acceptors (Lipinski definition) is 2. The topological polar surface area (TPSA) is 26.3 Å². The summed E-state index contributed by atoms with van der Waals surface area (Å²) in [6, 6.07) is 10.3. The molecule has 98 valence electrons. The van der Waals surface area contributed by atoms with Gasteiger partial charge in [0.2, 0.25) is 0 Å². The minimum absolute atomic E-state index is 0.414. The molecule has 0 aromatic heterocycles. The molecule has 2 rings (SSSR count). The van der Waals surface area contributed by atoms with Crippen LogP contribution in [0.1, 0.15) is 15.9 Å². The van der Waals surface area contributed by atoms with Crippen molar-refractivity contribution in [3.8, 4) is 5.75 Å². The van der Waals surface area contributed by atoms with E-state index in [1.807, 2.05) is 19.1 Å². The Morgan fingerprint density at radius 3 is 2.37 bits per heavy atom. The first kappa shape index (κ1) is 14.6. The first-order valence-electron chi connectivity index (χ1n) is 5.41. The van der Waals surface area contributed by atoms with E-state index in [0.29, 0.717) is 16.3 Å². The summed E-state index contributed by atoms with van der Waals surface area (Å²) in [7, 11) is 0. The second-order valence-electron chi connectivity index (χ2n) is 3.93. The highest BCUT2D eigenvalue weighted by Gasteiger charge is 2.13. The molecular weight excluding hydrogens is 395 g/mol. The molecule has 0 aliphatic rings. The van der Waals surface area contributed by atoms with E-state index in [2.05, 4.69) is 31.9 Å². The number of ether oxygens (including phenoxy) is 1. The van der Waals surface area contributed by atoms with Gasteiger partial charge in [0, 0.05) is 9.50 Å². The fourth-order valence-electron chi connectivity index (χ4n) is 1.56. The minimum Gasteiger partial charge on any atom is -0.421 e. The summed E-state index contributed by atoms with van der Waals surface area (Å²) in [6.07, 6.45) is 0. The van der Waals surface area contributed by atoms with E-state index < -0.39 is 5.97 Å². The smallest absolute Gasteiger partial charge is 0.343 e. The van der Waals surface area contributed by atoms with Gasteiger partial charge >= 0.3 is 5.97 Å². The number of benzene rings is 2. The van der Waals surface area contributed by atoms with E-state index in [1.165, 1.54) is 0 Å². The van der Waals surface area contributed by atoms with Crippen molar-refractivity contribution in [1.82, 2.24) is 0 Å². The number of carbonyl (C=O) groups excluding carboxylic acids is 1. The molecule has 2 aromatic rings. The van der Waals surface area contributed by atoms with Crippen molar-refractivity contribution in [2.75, 3.05) is 0 Å². The normalized spacial score (nSPS) is 10.3. The molecule has 0 unspecified atom stereocenters. The number of rotatable bonds is 2. The molecule has 0 fully saturated rings. The van der Waals surface area contributed by atoms with Gasteiger partial charge in [-0.15, -0.1) is 0 Å². The first-order valence-corrected chi connectivity index (χ1v) is 7.37. The zero-order valence-electron chi connectivity index (χ0n) is 9.91. The van der Waals surface area contributed by atoms with Crippen molar-refractivity contribution in [2.24, 2.45) is 0 Å². The molecule has 0 amide bonds. The molecule has 5 heteroatoms. The van der Waals surface area contributed by atoms with Crippen molar-refractivity contribution >= 4 is 49.4 Å². The van der Waals surface area contributed by atoms with Crippen LogP contribution in [0.15, 0.2) is 45.3 Å². The first-order chi connectivity index (χ1) is 8.97. The minimum atomic E-state index is -0.414. The monoisotopic (exact) mass is 402 g/mol. The average molecular weight is 404 g/mol. The predicted octanol–water partition coefficient (Wildman–Crippen LogP) is 5.39. The van der Waals surface area contributed by atoms with Crippen molar-refractivity contribution in [1.29, 1.82) is 0 Å². The summed E-state index contributed by atoms with van der Waals surface area (Å²) in [5, 5.41) is 0.581. The Hall–Kier alpha value is -0.840. The molecule has 19 heavy (non-hydrogen) atoms. The maximum absolute atomic E-state index is 12.0. The lowest BCUT2D eigenvalue weighted by Gasteiger charge is -2.10. The number of hydrogen-bond donors (Lipinski definition) is 0. The van der Waals surface area contributed by atoms with Crippen LogP contribution in [0.3, 0.4) is 0 Å². The molecule has 0 saturated carbocycles. The molecule has 0 heterocycles. The predicted molar refractivity (Wildman–Crippen MR) is 83.0 cm³/mol. The van der Waals surface area contributed by atoms with Crippen LogP contribution in [0.2, 0.25) is 5.02 Å². The highest BCUT2D eigenvalue weighted by Crippen LogP contribution is 2.32. The summed E-state index contributed by atoms with van der Waals surface area (Å²) < 4.78 is 7.05. The van der Waals surface area contributed by atoms with Gasteiger partial charge in [0.1, 0.15) is 5.75 Å². The van der Waals surface area contributed by atoms with E-state index in [9.17, 15) is 4.79 Å². The van der Waals surface area contributed by atoms with Gasteiger partial charge in [-0.3, -0.25) is 0 Å². The van der Waals surface area contributed by atoms with Gasteiger partial charge in [-0.05, 0) is 64.8 Å². The SMILES string of the molecule is Cc1cc(Br)cc(Br)c1OC(=O)c1ccc(Cl)cc1. The van der Waals surface area contributed by atoms with Crippen LogP contribution in [-0.2, 0) is 0 Å². The molecule has 0 spiro atoms. The zero-order chi connectivity index (χ0) is 14.0. The van der Waals surface area contributed by atoms with Gasteiger partial charge in [0.05, 0.1) is 10.0 Å². The fraction of sp³-hybridized carbons (Fsp3) is 0.0714. The summed E-state index contributed by atoms with van der Waals surface area (Å²) in [6.45, 7) is 1.87. The molecule has 0 N–H and O–H groups in total. The lowest BCUT2D eigenvalue weighted by molar-refractivity contribution is 0.0732. The van der Waals surface area contributed by atoms with Crippen LogP contribution in [0, 0.1) is 6.92 Å². The Morgan fingerprint density at radius 1 is 1.16 bits per heavy atom. The zero-order valence-corrected chi connectivity index (χ0v) is 13.8. The van der Waals surface area contributed by atoms with E-state index in [-0.39, 0.29) is 0 Å². The van der Waals surface area contributed by atoms with E-state index >= 15 is 0 Å². The van der Waals surface area contributed by atoms with Crippen LogP contribution in [0.4, 0.5) is 0 Å². The van der Waals surface area contributed by atoms with Crippen LogP contribution >= 0.6 is 43.5 Å². The van der Waals surface area contributed by atoms with E-state index in [0.717, 1.165) is 14.5 Å². The molecule has 2 aromatic carbocycles. The average Bonchev–Trinajstić information content (AvgIpc) is 2.34. The number of esters is 1. The van der Waals surface area contributed by atoms with Crippen LogP contribution in [-0.4, -0.2) is 5.97 Å². The standard InChI is InChI=1S/C14H9Br2ClO2/c1-8-6-10(15)7-12(16)13(8)19-14(18)9-2-4-11(17)5-3-9/h2-7H,1H3. The third-order valence-electron chi connectivity index (χ3n) is 2.47. The Kier molecular flexibility index (Phi) is 4.66. The van der Waals surface area contributed by atoms with Gasteiger partial charge in [-0.25, -0.2) is 4.79 Å². The van der Waals surface area contributed by atoms with Gasteiger partial charge in [-0.1, -0.05) is 27.5 Å². The van der Waals surface area contributed by atoms with E-state index in [4.69, 9.17) is 16.3 Å². The molecule has 0 atom stereocenters. The highest BCUT2D eigenvalue weighted by atomic mass is 79.9. The number of aryl methyl sites for hydroxylation is 1. The summed E-state index contributed by atoms with van der Waals surface area (Å²) in [4.78, 5) is 12.0. The Bertz CT molecular complexity index is 601. The van der Waals surface area contributed by atoms with Crippen molar-refractivity contribution < 1.29 is 9.53 Å². The summed E-state index contributed by atoms with van der Waals surface area (Å²) >= 11 is 12.5. The van der Waals surface area contributed by atoms with Crippen LogP contribution in [0.25, 0.3) is 0 Å². The molecular formula is C14H9Br2ClO2. The van der Waals surface area contributed by atoms with E-state index in [1.54, 1.807) is 24.3 Å². The molecule has 0 radical (unpaired) electrons. The fourth-order valence-corrected chi connectivity index (χ4v) is 3.20. The van der Waals surface area contributed by atoms with Crippen molar-refractivity contribution in [3.05, 3.63) is 61.5 Å². The second-order valence-corrected chi connectivity index (χ2v) is 6.14. The molecule has 2 nitrogen and oxygen atoms in total. The second kappa shape index (κ2) is 6.07. The quantitative estimate of drug-likeness (QED) is 0.495. The third kappa shape index (κ3) is 3.59. The maximum Gasteiger partial charge on any atom is 0.343 e. The van der Waals surface area contributed by atoms with Crippen LogP contribution in [0.5, 0.6) is 5.75 Å². The lowest BCUT2D eigenvalue weighted by Crippen LogP contribution is -2.09. The molecule has 0 aliphatic carbocycles. The van der Waals surface area contributed by atoms with Gasteiger partial charge in [0.15, 0.2) is 0 Å². The van der Waals surface area contributed by atoms with Gasteiger partial charge in [0.25, 0.3) is 0 Å². The maximum atomic E-state index is 12.0. The molecule has 0 aliphatic heterocycles. The largest absolute Gasteiger partial charge is 0.421 e. The van der Waals surface area contributed by atoms with Crippen molar-refractivity contribution in [3.63, 3.8) is 0 Å². The van der Waals surface area contributed by atoms with Gasteiger partial charge < -0.3 is 4.74 Å². The molecule has 0 bridgehead atoms. The van der Waals surface area contributed by atoms with Gasteiger partial charge in [-0.2, -0.15) is 0 Å². The number of carbonyl (C=O) groups is 1. The molecule has 0 saturated heterocycles. The highest BCUT2D eigenvalue weighted by molar-refractivity contribution is 9.11. The Morgan fingerprint density at radius 2 is 1.79 bits per heavy atom. The summed E-state index contributed by atoms with van der Waals surface area (Å²) in [5.41, 5.74) is 1.32. The Labute approximate surface area is 133 Å². The van der Waals surface area contributed by atoms with Crippen molar-refractivity contribution in [2.45, 2.75) is 6.92 Å².